The molecule has 7 aromatic rings. The third-order valence-corrected chi connectivity index (χ3v) is 15.5. The second-order valence-corrected chi connectivity index (χ2v) is 23.2. The van der Waals surface area contributed by atoms with Gasteiger partial charge in [-0.3, -0.25) is 9.89 Å². The molecule has 2 aliphatic heterocycles. The first-order chi connectivity index (χ1) is 33.1. The number of pyridine rings is 1. The van der Waals surface area contributed by atoms with Crippen molar-refractivity contribution in [3.8, 4) is 11.5 Å². The highest BCUT2D eigenvalue weighted by molar-refractivity contribution is 6.14. The summed E-state index contributed by atoms with van der Waals surface area (Å²) in [6, 6.07) is 53.8. The van der Waals surface area contributed by atoms with E-state index in [1.807, 2.05) is 6.20 Å². The van der Waals surface area contributed by atoms with E-state index in [1.165, 1.54) is 50.2 Å². The predicted octanol–water partition coefficient (Wildman–Crippen LogP) is 17.6. The first-order valence-electron chi connectivity index (χ1n) is 25.6. The van der Waals surface area contributed by atoms with E-state index in [0.717, 1.165) is 45.7 Å². The molecule has 0 saturated carbocycles. The van der Waals surface area contributed by atoms with Crippen LogP contribution in [0.15, 0.2) is 157 Å². The molecule has 0 unspecified atom stereocenters. The van der Waals surface area contributed by atoms with Gasteiger partial charge in [0.25, 0.3) is 0 Å². The molecule has 0 radical (unpaired) electrons. The van der Waals surface area contributed by atoms with Crippen LogP contribution in [0.4, 0.5) is 22.9 Å². The fourth-order valence-electron chi connectivity index (χ4n) is 11.3. The van der Waals surface area contributed by atoms with E-state index in [0.29, 0.717) is 0 Å². The second-order valence-electron chi connectivity index (χ2n) is 23.2. The van der Waals surface area contributed by atoms with Gasteiger partial charge < -0.3 is 9.64 Å². The van der Waals surface area contributed by atoms with Crippen molar-refractivity contribution in [3.05, 3.63) is 207 Å². The number of benzene rings is 6. The van der Waals surface area contributed by atoms with Crippen molar-refractivity contribution in [2.75, 3.05) is 9.80 Å². The Labute approximate surface area is 419 Å². The van der Waals surface area contributed by atoms with Crippen molar-refractivity contribution in [1.82, 2.24) is 4.98 Å². The molecule has 0 spiro atoms. The fraction of sp³-hybridized carbons (Fsp3) is 0.354. The summed E-state index contributed by atoms with van der Waals surface area (Å²) in [6.07, 6.45) is 1.91. The molecule has 5 nitrogen and oxygen atoms in total. The van der Waals surface area contributed by atoms with Crippen molar-refractivity contribution in [1.29, 1.82) is 0 Å². The number of hydrogen-bond acceptors (Lipinski definition) is 5. The van der Waals surface area contributed by atoms with Gasteiger partial charge in [-0.15, -0.1) is 0 Å². The minimum absolute atomic E-state index is 0.00830. The summed E-state index contributed by atoms with van der Waals surface area (Å²) < 4.78 is 7.20. The highest BCUT2D eigenvalue weighted by atomic mass is 16.5. The Morgan fingerprint density at radius 2 is 1.19 bits per heavy atom. The monoisotopic (exact) mass is 927 g/mol. The van der Waals surface area contributed by atoms with Gasteiger partial charge in [0, 0.05) is 34.7 Å². The van der Waals surface area contributed by atoms with Crippen molar-refractivity contribution in [3.63, 3.8) is 0 Å². The van der Waals surface area contributed by atoms with Crippen molar-refractivity contribution in [2.45, 2.75) is 149 Å². The van der Waals surface area contributed by atoms with Crippen LogP contribution >= 0.6 is 0 Å². The summed E-state index contributed by atoms with van der Waals surface area (Å²) in [4.78, 5) is 16.0. The minimum Gasteiger partial charge on any atom is -0.457 e. The molecule has 0 amide bonds. The lowest BCUT2D eigenvalue weighted by Gasteiger charge is -2.51. The maximum absolute atomic E-state index is 7.20. The number of amidine groups is 1. The van der Waals surface area contributed by atoms with E-state index in [2.05, 4.69) is 259 Å². The molecule has 0 N–H and O–H groups in total. The van der Waals surface area contributed by atoms with Crippen LogP contribution in [0.3, 0.4) is 0 Å². The Balaban J connectivity index is 1.23. The molecule has 70 heavy (non-hydrogen) atoms. The van der Waals surface area contributed by atoms with Crippen LogP contribution in [0.2, 0.25) is 0 Å². The van der Waals surface area contributed by atoms with Gasteiger partial charge in [-0.2, -0.15) is 0 Å². The van der Waals surface area contributed by atoms with Crippen LogP contribution in [0.25, 0.3) is 0 Å². The highest BCUT2D eigenvalue weighted by Gasteiger charge is 2.59. The van der Waals surface area contributed by atoms with Crippen LogP contribution in [0.5, 0.6) is 11.5 Å². The predicted molar refractivity (Wildman–Crippen MR) is 296 cm³/mol. The number of ether oxygens (including phenoxy) is 1. The fourth-order valence-corrected chi connectivity index (χ4v) is 11.3. The zero-order valence-electron chi connectivity index (χ0n) is 44.4. The number of fused-ring (bicyclic) bond motifs is 2. The van der Waals surface area contributed by atoms with Crippen LogP contribution in [0.1, 0.15) is 176 Å². The molecule has 0 bridgehead atoms. The van der Waals surface area contributed by atoms with E-state index in [1.54, 1.807) is 0 Å². The molecular formula is C65H74N4O. The van der Waals surface area contributed by atoms with Crippen LogP contribution in [0, 0.1) is 6.92 Å². The average Bonchev–Trinajstić information content (AvgIpc) is 3.52. The number of nitrogens with zero attached hydrogens (tertiary/aromatic N) is 4. The third kappa shape index (κ3) is 8.43. The number of aryl methyl sites for hydroxylation is 1. The Hall–Kier alpha value is -6.46. The summed E-state index contributed by atoms with van der Waals surface area (Å²) in [5.41, 5.74) is 14.3. The molecule has 0 fully saturated rings. The SMILES string of the molecule is Cc1cc(Oc2cc(C3=NC(C)(C)[C@](C)(C(c4ccccc4)c4ccccc4)N3c3c(C(C)C)cccc3C(C)C)cc(C(C)C)c2)cc(N2c3ccc(C(C)(C)C)cc3C(C)(C)c3cccnc32)c1. The number of anilines is 4. The molecular weight excluding hydrogens is 853 g/mol. The summed E-state index contributed by atoms with van der Waals surface area (Å²) in [7, 11) is 0. The topological polar surface area (TPSA) is 41.0 Å². The lowest BCUT2D eigenvalue weighted by atomic mass is 9.66. The lowest BCUT2D eigenvalue weighted by molar-refractivity contribution is 0.279. The standard InChI is InChI=1S/C65H74N4O/c1-41(2)47-36-48(38-52(37-47)70-51-35-44(7)34-50(40-51)68-57-32-31-49(62(8,9)10)39-56(57)63(11,12)55-30-23-33-66-61(55)68)60-67-64(13,14)65(15,58(45-24-18-16-19-25-45)46-26-20-17-21-27-46)69(60)59-53(42(3)4)28-22-29-54(59)43(5)6/h16-43,58H,1-15H3/t65-/m0/s1. The second kappa shape index (κ2) is 18.1. The van der Waals surface area contributed by atoms with Crippen LogP contribution in [-0.4, -0.2) is 21.9 Å². The number of para-hydroxylation sites is 1. The van der Waals surface area contributed by atoms with Gasteiger partial charge in [-0.05, 0) is 138 Å². The molecule has 6 aromatic carbocycles. The maximum Gasteiger partial charge on any atom is 0.141 e. The van der Waals surface area contributed by atoms with E-state index in [-0.39, 0.29) is 34.5 Å². The quantitative estimate of drug-likeness (QED) is 0.130. The summed E-state index contributed by atoms with van der Waals surface area (Å²) in [5.74, 6) is 4.19. The van der Waals surface area contributed by atoms with Crippen molar-refractivity contribution in [2.24, 2.45) is 4.99 Å². The van der Waals surface area contributed by atoms with Gasteiger partial charge in [0.2, 0.25) is 0 Å². The average molecular weight is 927 g/mol. The normalized spacial score (nSPS) is 17.3. The molecule has 5 heteroatoms. The summed E-state index contributed by atoms with van der Waals surface area (Å²) in [5, 5.41) is 0. The highest BCUT2D eigenvalue weighted by Crippen LogP contribution is 2.56. The van der Waals surface area contributed by atoms with Crippen LogP contribution in [-0.2, 0) is 10.8 Å². The molecule has 3 heterocycles. The van der Waals surface area contributed by atoms with Gasteiger partial charge in [0.15, 0.2) is 0 Å². The van der Waals surface area contributed by atoms with E-state index >= 15 is 0 Å². The van der Waals surface area contributed by atoms with Gasteiger partial charge >= 0.3 is 0 Å². The number of aromatic nitrogens is 1. The van der Waals surface area contributed by atoms with Gasteiger partial charge in [0.1, 0.15) is 23.2 Å². The molecule has 1 aromatic heterocycles. The van der Waals surface area contributed by atoms with Crippen molar-refractivity contribution >= 4 is 28.7 Å². The zero-order chi connectivity index (χ0) is 50.1. The molecule has 0 saturated heterocycles. The largest absolute Gasteiger partial charge is 0.457 e. The maximum atomic E-state index is 7.20. The van der Waals surface area contributed by atoms with Crippen molar-refractivity contribution < 1.29 is 4.74 Å². The Morgan fingerprint density at radius 1 is 0.571 bits per heavy atom. The van der Waals surface area contributed by atoms with Crippen LogP contribution < -0.4 is 14.5 Å². The van der Waals surface area contributed by atoms with Gasteiger partial charge in [0.05, 0.1) is 28.1 Å². The first-order valence-corrected chi connectivity index (χ1v) is 25.6. The molecule has 360 valence electrons. The smallest absolute Gasteiger partial charge is 0.141 e. The van der Waals surface area contributed by atoms with E-state index in [9.17, 15) is 0 Å². The Kier molecular flexibility index (Phi) is 12.5. The lowest BCUT2D eigenvalue weighted by Crippen LogP contribution is -2.60. The number of rotatable bonds is 11. The Bertz CT molecular complexity index is 3020. The van der Waals surface area contributed by atoms with E-state index < -0.39 is 11.1 Å². The molecule has 0 aliphatic carbocycles. The summed E-state index contributed by atoms with van der Waals surface area (Å²) in [6.45, 7) is 34.7. The zero-order valence-corrected chi connectivity index (χ0v) is 44.4. The van der Waals surface area contributed by atoms with Gasteiger partial charge in [-0.1, -0.05) is 173 Å². The number of aliphatic imine (C=N–C) groups is 1. The van der Waals surface area contributed by atoms with Gasteiger partial charge in [-0.25, -0.2) is 4.98 Å². The molecule has 2 aliphatic rings. The first kappa shape index (κ1) is 48.6. The summed E-state index contributed by atoms with van der Waals surface area (Å²) >= 11 is 0. The minimum atomic E-state index is -0.572. The number of hydrogen-bond donors (Lipinski definition) is 0. The third-order valence-electron chi connectivity index (χ3n) is 15.5. The Morgan fingerprint density at radius 3 is 1.77 bits per heavy atom. The van der Waals surface area contributed by atoms with E-state index in [4.69, 9.17) is 14.7 Å². The molecule has 1 atom stereocenters. The molecule has 9 rings (SSSR count).